The van der Waals surface area contributed by atoms with Crippen molar-refractivity contribution >= 4 is 5.91 Å². The second-order valence-electron chi connectivity index (χ2n) is 6.80. The molecule has 1 unspecified atom stereocenters. The monoisotopic (exact) mass is 262 g/mol. The lowest BCUT2D eigenvalue weighted by Crippen LogP contribution is -2.47. The van der Waals surface area contributed by atoms with Crippen molar-refractivity contribution in [1.82, 2.24) is 4.90 Å². The smallest absolute Gasteiger partial charge is 0.228 e. The second kappa shape index (κ2) is 5.94. The van der Waals surface area contributed by atoms with Gasteiger partial charge in [-0.3, -0.25) is 4.79 Å². The molecule has 2 rings (SSSR count). The van der Waals surface area contributed by atoms with Crippen LogP contribution >= 0.6 is 0 Å². The van der Waals surface area contributed by atoms with Gasteiger partial charge in [0.15, 0.2) is 0 Å². The summed E-state index contributed by atoms with van der Waals surface area (Å²) in [6.45, 7) is 5.94. The number of amides is 1. The highest BCUT2D eigenvalue weighted by Crippen LogP contribution is 2.45. The number of nitrogens with zero attached hydrogens (tertiary/aromatic N) is 2. The van der Waals surface area contributed by atoms with Crippen LogP contribution < -0.4 is 0 Å². The molecule has 0 spiro atoms. The molecule has 0 radical (unpaired) electrons. The maximum atomic E-state index is 12.9. The zero-order chi connectivity index (χ0) is 13.9. The van der Waals surface area contributed by atoms with E-state index in [9.17, 15) is 4.79 Å². The number of hydrogen-bond donors (Lipinski definition) is 0. The van der Waals surface area contributed by atoms with Crippen LogP contribution in [-0.4, -0.2) is 23.9 Å². The van der Waals surface area contributed by atoms with E-state index in [0.29, 0.717) is 18.4 Å². The van der Waals surface area contributed by atoms with Crippen LogP contribution in [0.15, 0.2) is 0 Å². The van der Waals surface area contributed by atoms with E-state index >= 15 is 0 Å². The van der Waals surface area contributed by atoms with Gasteiger partial charge in [-0.25, -0.2) is 0 Å². The maximum Gasteiger partial charge on any atom is 0.228 e. The lowest BCUT2D eigenvalue weighted by Gasteiger charge is -2.38. The maximum absolute atomic E-state index is 12.9. The zero-order valence-electron chi connectivity index (χ0n) is 12.3. The van der Waals surface area contributed by atoms with E-state index in [1.165, 1.54) is 12.8 Å². The number of nitriles is 1. The molecule has 2 fully saturated rings. The van der Waals surface area contributed by atoms with Crippen LogP contribution in [0.5, 0.6) is 0 Å². The largest absolute Gasteiger partial charge is 0.341 e. The molecule has 1 amide bonds. The van der Waals surface area contributed by atoms with Crippen molar-refractivity contribution in [3.8, 4) is 6.07 Å². The number of carbonyl (C=O) groups is 1. The number of likely N-dealkylation sites (tertiary alicyclic amines) is 1. The standard InChI is InChI=1S/C16H26N2O/c1-13(2)10-16(7-3-4-8-16)15(19)18-9-5-6-14(11-17)12-18/h13-14H,3-10,12H2,1-2H3. The van der Waals surface area contributed by atoms with E-state index < -0.39 is 0 Å². The van der Waals surface area contributed by atoms with Gasteiger partial charge in [-0.1, -0.05) is 26.7 Å². The highest BCUT2D eigenvalue weighted by molar-refractivity contribution is 5.83. The molecule has 19 heavy (non-hydrogen) atoms. The molecule has 3 heteroatoms. The summed E-state index contributed by atoms with van der Waals surface area (Å²) in [5, 5.41) is 9.08. The molecule has 0 aromatic heterocycles. The average molecular weight is 262 g/mol. The van der Waals surface area contributed by atoms with E-state index in [2.05, 4.69) is 19.9 Å². The quantitative estimate of drug-likeness (QED) is 0.783. The molecule has 1 saturated carbocycles. The third-order valence-electron chi connectivity index (χ3n) is 4.70. The van der Waals surface area contributed by atoms with Crippen LogP contribution in [0.1, 0.15) is 58.8 Å². The van der Waals surface area contributed by atoms with Crippen LogP contribution in [0.25, 0.3) is 0 Å². The third-order valence-corrected chi connectivity index (χ3v) is 4.70. The molecule has 0 N–H and O–H groups in total. The summed E-state index contributed by atoms with van der Waals surface area (Å²) in [6.07, 6.45) is 7.44. The SMILES string of the molecule is CC(C)CC1(C(=O)N2CCCC(C#N)C2)CCCC1. The molecule has 3 nitrogen and oxygen atoms in total. The van der Waals surface area contributed by atoms with Crippen molar-refractivity contribution < 1.29 is 4.79 Å². The first-order valence-electron chi connectivity index (χ1n) is 7.76. The van der Waals surface area contributed by atoms with Crippen LogP contribution in [0.2, 0.25) is 0 Å². The Morgan fingerprint density at radius 1 is 1.37 bits per heavy atom. The first-order valence-corrected chi connectivity index (χ1v) is 7.76. The van der Waals surface area contributed by atoms with Crippen molar-refractivity contribution in [2.24, 2.45) is 17.3 Å². The molecule has 1 saturated heterocycles. The molecule has 0 aromatic rings. The summed E-state index contributed by atoms with van der Waals surface area (Å²) < 4.78 is 0. The molecule has 1 atom stereocenters. The predicted octanol–water partition coefficient (Wildman–Crippen LogP) is 3.36. The summed E-state index contributed by atoms with van der Waals surface area (Å²) in [5.41, 5.74) is -0.106. The molecule has 1 aliphatic heterocycles. The second-order valence-corrected chi connectivity index (χ2v) is 6.80. The summed E-state index contributed by atoms with van der Waals surface area (Å²) >= 11 is 0. The molecule has 0 aromatic carbocycles. The van der Waals surface area contributed by atoms with Gasteiger partial charge >= 0.3 is 0 Å². The van der Waals surface area contributed by atoms with Gasteiger partial charge < -0.3 is 4.90 Å². The Kier molecular flexibility index (Phi) is 4.50. The van der Waals surface area contributed by atoms with E-state index in [1.807, 2.05) is 4.90 Å². The van der Waals surface area contributed by atoms with Gasteiger partial charge in [0.25, 0.3) is 0 Å². The molecular weight excluding hydrogens is 236 g/mol. The van der Waals surface area contributed by atoms with E-state index in [0.717, 1.165) is 38.6 Å². The Hall–Kier alpha value is -1.04. The molecule has 106 valence electrons. The summed E-state index contributed by atoms with van der Waals surface area (Å²) in [7, 11) is 0. The highest BCUT2D eigenvalue weighted by atomic mass is 16.2. The van der Waals surface area contributed by atoms with Gasteiger partial charge in [0.2, 0.25) is 5.91 Å². The van der Waals surface area contributed by atoms with E-state index in [4.69, 9.17) is 5.26 Å². The summed E-state index contributed by atoms with van der Waals surface area (Å²) in [5.74, 6) is 0.965. The van der Waals surface area contributed by atoms with Crippen LogP contribution in [0, 0.1) is 28.6 Å². The van der Waals surface area contributed by atoms with Gasteiger partial charge in [-0.05, 0) is 38.0 Å². The topological polar surface area (TPSA) is 44.1 Å². The number of carbonyl (C=O) groups excluding carboxylic acids is 1. The summed E-state index contributed by atoms with van der Waals surface area (Å²) in [4.78, 5) is 14.9. The van der Waals surface area contributed by atoms with Gasteiger partial charge in [-0.15, -0.1) is 0 Å². The fraction of sp³-hybridized carbons (Fsp3) is 0.875. The van der Waals surface area contributed by atoms with Crippen molar-refractivity contribution in [2.45, 2.75) is 58.8 Å². The van der Waals surface area contributed by atoms with E-state index in [1.54, 1.807) is 0 Å². The Balaban J connectivity index is 2.09. The fourth-order valence-corrected chi connectivity index (χ4v) is 3.94. The first-order chi connectivity index (χ1) is 9.07. The lowest BCUT2D eigenvalue weighted by atomic mass is 9.76. The Morgan fingerprint density at radius 2 is 2.05 bits per heavy atom. The van der Waals surface area contributed by atoms with Crippen LogP contribution in [-0.2, 0) is 4.79 Å². The Bertz CT molecular complexity index is 363. The molecule has 1 aliphatic carbocycles. The molecule has 2 aliphatic rings. The minimum Gasteiger partial charge on any atom is -0.341 e. The van der Waals surface area contributed by atoms with E-state index in [-0.39, 0.29) is 11.3 Å². The zero-order valence-corrected chi connectivity index (χ0v) is 12.3. The normalized spacial score (nSPS) is 26.4. The van der Waals surface area contributed by atoms with Crippen molar-refractivity contribution in [3.05, 3.63) is 0 Å². The predicted molar refractivity (Wildman–Crippen MR) is 75.3 cm³/mol. The molecule has 0 bridgehead atoms. The average Bonchev–Trinajstić information content (AvgIpc) is 2.86. The van der Waals surface area contributed by atoms with Gasteiger partial charge in [0.1, 0.15) is 0 Å². The van der Waals surface area contributed by atoms with Crippen molar-refractivity contribution in [2.75, 3.05) is 13.1 Å². The Morgan fingerprint density at radius 3 is 2.63 bits per heavy atom. The van der Waals surface area contributed by atoms with Crippen molar-refractivity contribution in [1.29, 1.82) is 5.26 Å². The number of rotatable bonds is 3. The first kappa shape index (κ1) is 14.4. The lowest BCUT2D eigenvalue weighted by molar-refractivity contribution is -0.144. The fourth-order valence-electron chi connectivity index (χ4n) is 3.94. The number of piperidine rings is 1. The minimum absolute atomic E-state index is 0.0511. The van der Waals surface area contributed by atoms with Crippen LogP contribution in [0.4, 0.5) is 0 Å². The summed E-state index contributed by atoms with van der Waals surface area (Å²) in [6, 6.07) is 2.34. The van der Waals surface area contributed by atoms with Crippen molar-refractivity contribution in [3.63, 3.8) is 0 Å². The van der Waals surface area contributed by atoms with Gasteiger partial charge in [-0.2, -0.15) is 5.26 Å². The van der Waals surface area contributed by atoms with Gasteiger partial charge in [0, 0.05) is 18.5 Å². The highest BCUT2D eigenvalue weighted by Gasteiger charge is 2.44. The number of hydrogen-bond acceptors (Lipinski definition) is 2. The Labute approximate surface area is 117 Å². The van der Waals surface area contributed by atoms with Crippen LogP contribution in [0.3, 0.4) is 0 Å². The van der Waals surface area contributed by atoms with Gasteiger partial charge in [0.05, 0.1) is 12.0 Å². The minimum atomic E-state index is -0.106. The third kappa shape index (κ3) is 3.11. The molecular formula is C16H26N2O. The molecule has 1 heterocycles.